The van der Waals surface area contributed by atoms with E-state index in [4.69, 9.17) is 23.8 Å². The van der Waals surface area contributed by atoms with Crippen LogP contribution in [0.5, 0.6) is 0 Å². The van der Waals surface area contributed by atoms with Gasteiger partial charge in [-0.15, -0.1) is 11.3 Å². The molecule has 0 saturated carbocycles. The Bertz CT molecular complexity index is 676. The number of thiophene rings is 1. The van der Waals surface area contributed by atoms with Gasteiger partial charge in [-0.05, 0) is 36.7 Å². The van der Waals surface area contributed by atoms with Crippen LogP contribution in [0.25, 0.3) is 0 Å². The summed E-state index contributed by atoms with van der Waals surface area (Å²) in [4.78, 5) is 11.8. The summed E-state index contributed by atoms with van der Waals surface area (Å²) >= 11 is 11.7. The number of nitrogens with zero attached hydrogens (tertiary/aromatic N) is 1. The molecule has 0 aliphatic carbocycles. The maximum Gasteiger partial charge on any atom is 0.253 e. The van der Waals surface area contributed by atoms with E-state index in [0.29, 0.717) is 16.8 Å². The molecule has 0 radical (unpaired) electrons. The molecule has 0 spiro atoms. The van der Waals surface area contributed by atoms with Crippen molar-refractivity contribution in [2.45, 2.75) is 24.5 Å². The molecule has 7 nitrogen and oxygen atoms in total. The predicted octanol–water partition coefficient (Wildman–Crippen LogP) is 1.56. The van der Waals surface area contributed by atoms with Gasteiger partial charge in [0.2, 0.25) is 0 Å². The molecule has 0 aliphatic heterocycles. The molecule has 11 heteroatoms. The van der Waals surface area contributed by atoms with Crippen molar-refractivity contribution in [3.05, 3.63) is 16.5 Å². The third-order valence-electron chi connectivity index (χ3n) is 2.90. The molecular formula is C13H21ClN4O3S3. The smallest absolute Gasteiger partial charge is 0.253 e. The number of carbonyl (C=O) groups excluding carboxylic acids is 1. The SMILES string of the molecule is CC(C)CCNC(=S)NNC(=O)CN(C)S(=O)(=O)c1ccc(Cl)s1. The van der Waals surface area contributed by atoms with Crippen molar-refractivity contribution in [2.75, 3.05) is 20.1 Å². The molecule has 3 N–H and O–H groups in total. The lowest BCUT2D eigenvalue weighted by molar-refractivity contribution is -0.121. The molecule has 1 heterocycles. The highest BCUT2D eigenvalue weighted by atomic mass is 35.5. The minimum absolute atomic E-state index is 0.0848. The summed E-state index contributed by atoms with van der Waals surface area (Å²) in [6.07, 6.45) is 0.945. The van der Waals surface area contributed by atoms with Gasteiger partial charge >= 0.3 is 0 Å². The minimum Gasteiger partial charge on any atom is -0.361 e. The molecule has 0 aromatic carbocycles. The van der Waals surface area contributed by atoms with E-state index in [1.165, 1.54) is 19.2 Å². The summed E-state index contributed by atoms with van der Waals surface area (Å²) in [6.45, 7) is 4.53. The van der Waals surface area contributed by atoms with Crippen LogP contribution in [0.3, 0.4) is 0 Å². The standard InChI is InChI=1S/C13H21ClN4O3S3/c1-9(2)6-7-15-13(22)17-16-11(19)8-18(3)24(20,21)12-5-4-10(14)23-12/h4-5,9H,6-8H2,1-3H3,(H,16,19)(H2,15,17,22). The number of nitrogens with one attached hydrogen (secondary N) is 3. The molecule has 1 amide bonds. The Hall–Kier alpha value is -0.940. The van der Waals surface area contributed by atoms with Gasteiger partial charge in [0, 0.05) is 13.6 Å². The highest BCUT2D eigenvalue weighted by molar-refractivity contribution is 7.91. The number of amides is 1. The average molecular weight is 413 g/mol. The first kappa shape index (κ1) is 21.1. The molecule has 1 aromatic heterocycles. The van der Waals surface area contributed by atoms with E-state index in [1.54, 1.807) is 0 Å². The summed E-state index contributed by atoms with van der Waals surface area (Å²) < 4.78 is 25.9. The van der Waals surface area contributed by atoms with E-state index >= 15 is 0 Å². The maximum absolute atomic E-state index is 12.3. The molecule has 0 saturated heterocycles. The summed E-state index contributed by atoms with van der Waals surface area (Å²) in [6, 6.07) is 2.90. The molecule has 0 bridgehead atoms. The van der Waals surface area contributed by atoms with Crippen molar-refractivity contribution < 1.29 is 13.2 Å². The van der Waals surface area contributed by atoms with Gasteiger partial charge in [-0.1, -0.05) is 25.4 Å². The van der Waals surface area contributed by atoms with Crippen molar-refractivity contribution >= 4 is 56.2 Å². The Morgan fingerprint density at radius 2 is 2.04 bits per heavy atom. The van der Waals surface area contributed by atoms with E-state index in [0.717, 1.165) is 22.1 Å². The first-order chi connectivity index (χ1) is 11.1. The Kier molecular flexibility index (Phi) is 8.37. The van der Waals surface area contributed by atoms with E-state index in [-0.39, 0.29) is 15.9 Å². The van der Waals surface area contributed by atoms with Crippen LogP contribution in [0.15, 0.2) is 16.3 Å². The third-order valence-corrected chi connectivity index (χ3v) is 6.65. The van der Waals surface area contributed by atoms with Gasteiger partial charge in [0.05, 0.1) is 10.9 Å². The summed E-state index contributed by atoms with van der Waals surface area (Å²) in [5.74, 6) is 0.0104. The molecule has 0 unspecified atom stereocenters. The third kappa shape index (κ3) is 6.89. The fourth-order valence-electron chi connectivity index (χ4n) is 1.56. The monoisotopic (exact) mass is 412 g/mol. The molecule has 1 rings (SSSR count). The molecule has 0 atom stereocenters. The van der Waals surface area contributed by atoms with Gasteiger partial charge < -0.3 is 5.32 Å². The van der Waals surface area contributed by atoms with Crippen LogP contribution in [0.2, 0.25) is 4.34 Å². The Balaban J connectivity index is 2.43. The van der Waals surface area contributed by atoms with Crippen molar-refractivity contribution in [3.8, 4) is 0 Å². The second-order valence-corrected chi connectivity index (χ2v) is 9.83. The quantitative estimate of drug-likeness (QED) is 0.465. The lowest BCUT2D eigenvalue weighted by Crippen LogP contribution is -2.50. The van der Waals surface area contributed by atoms with Gasteiger partial charge in [-0.3, -0.25) is 15.6 Å². The largest absolute Gasteiger partial charge is 0.361 e. The van der Waals surface area contributed by atoms with Crippen LogP contribution in [0.1, 0.15) is 20.3 Å². The van der Waals surface area contributed by atoms with Gasteiger partial charge in [-0.2, -0.15) is 4.31 Å². The van der Waals surface area contributed by atoms with Crippen LogP contribution in [0.4, 0.5) is 0 Å². The fraction of sp³-hybridized carbons (Fsp3) is 0.538. The Morgan fingerprint density at radius 3 is 2.58 bits per heavy atom. The number of sulfonamides is 1. The Labute approximate surface area is 156 Å². The number of hydrazine groups is 1. The highest BCUT2D eigenvalue weighted by Crippen LogP contribution is 2.27. The number of carbonyl (C=O) groups is 1. The predicted molar refractivity (Wildman–Crippen MR) is 100 cm³/mol. The number of hydrogen-bond acceptors (Lipinski definition) is 5. The molecule has 1 aromatic rings. The first-order valence-corrected chi connectivity index (χ1v) is 10.2. The van der Waals surface area contributed by atoms with Crippen LogP contribution in [-0.4, -0.2) is 43.9 Å². The fourth-order valence-corrected chi connectivity index (χ4v) is 4.54. The van der Waals surface area contributed by atoms with Crippen molar-refractivity contribution in [2.24, 2.45) is 5.92 Å². The molecule has 0 fully saturated rings. The number of hydrogen-bond donors (Lipinski definition) is 3. The molecule has 24 heavy (non-hydrogen) atoms. The minimum atomic E-state index is -3.75. The van der Waals surface area contributed by atoms with Crippen LogP contribution < -0.4 is 16.2 Å². The number of halogens is 1. The van der Waals surface area contributed by atoms with Crippen molar-refractivity contribution in [3.63, 3.8) is 0 Å². The Morgan fingerprint density at radius 1 is 1.38 bits per heavy atom. The summed E-state index contributed by atoms with van der Waals surface area (Å²) in [5, 5.41) is 3.22. The van der Waals surface area contributed by atoms with Crippen molar-refractivity contribution in [1.29, 1.82) is 0 Å². The van der Waals surface area contributed by atoms with E-state index < -0.39 is 15.9 Å². The van der Waals surface area contributed by atoms with Gasteiger partial charge in [0.15, 0.2) is 5.11 Å². The highest BCUT2D eigenvalue weighted by Gasteiger charge is 2.24. The van der Waals surface area contributed by atoms with Crippen molar-refractivity contribution in [1.82, 2.24) is 20.5 Å². The average Bonchev–Trinajstić information content (AvgIpc) is 2.92. The topological polar surface area (TPSA) is 90.5 Å². The van der Waals surface area contributed by atoms with Gasteiger partial charge in [-0.25, -0.2) is 8.42 Å². The summed E-state index contributed by atoms with van der Waals surface area (Å²) in [7, 11) is -2.42. The second-order valence-electron chi connectivity index (χ2n) is 5.43. The molecular weight excluding hydrogens is 392 g/mol. The van der Waals surface area contributed by atoms with E-state index in [2.05, 4.69) is 30.0 Å². The lowest BCUT2D eigenvalue weighted by atomic mass is 10.1. The molecule has 136 valence electrons. The van der Waals surface area contributed by atoms with Crippen LogP contribution >= 0.6 is 35.2 Å². The van der Waals surface area contributed by atoms with E-state index in [9.17, 15) is 13.2 Å². The van der Waals surface area contributed by atoms with Crippen LogP contribution in [-0.2, 0) is 14.8 Å². The number of likely N-dealkylation sites (N-methyl/N-ethyl adjacent to an activating group) is 1. The zero-order valence-electron chi connectivity index (χ0n) is 13.6. The summed E-state index contributed by atoms with van der Waals surface area (Å²) in [5.41, 5.74) is 4.90. The lowest BCUT2D eigenvalue weighted by Gasteiger charge is -2.17. The van der Waals surface area contributed by atoms with Gasteiger partial charge in [0.1, 0.15) is 4.21 Å². The van der Waals surface area contributed by atoms with Crippen LogP contribution in [0, 0.1) is 5.92 Å². The normalized spacial score (nSPS) is 11.6. The maximum atomic E-state index is 12.3. The number of thiocarbonyl (C=S) groups is 1. The zero-order valence-corrected chi connectivity index (χ0v) is 16.8. The molecule has 0 aliphatic rings. The van der Waals surface area contributed by atoms with Gasteiger partial charge in [0.25, 0.3) is 15.9 Å². The first-order valence-electron chi connectivity index (χ1n) is 7.17. The van der Waals surface area contributed by atoms with E-state index in [1.807, 2.05) is 0 Å². The second kappa shape index (κ2) is 9.52. The number of rotatable bonds is 7. The zero-order chi connectivity index (χ0) is 18.3.